The third kappa shape index (κ3) is 3.41. The van der Waals surface area contributed by atoms with E-state index >= 15 is 0 Å². The summed E-state index contributed by atoms with van der Waals surface area (Å²) in [6.45, 7) is 0.444. The number of hydrogen-bond donors (Lipinski definition) is 0. The summed E-state index contributed by atoms with van der Waals surface area (Å²) < 4.78 is 21.9. The van der Waals surface area contributed by atoms with Gasteiger partial charge >= 0.3 is 0 Å². The Bertz CT molecular complexity index is 1690. The van der Waals surface area contributed by atoms with Crippen molar-refractivity contribution in [3.8, 4) is 46.7 Å². The fraction of sp³-hybridized carbons (Fsp3) is 0.0667. The fourth-order valence-corrected chi connectivity index (χ4v) is 4.34. The molecule has 0 saturated carbocycles. The average Bonchev–Trinajstić information content (AvgIpc) is 3.59. The summed E-state index contributed by atoms with van der Waals surface area (Å²) in [6, 6.07) is 19.2. The van der Waals surface area contributed by atoms with E-state index in [1.165, 1.54) is 0 Å². The van der Waals surface area contributed by atoms with Crippen LogP contribution in [0, 0.1) is 23.7 Å². The second-order valence-corrected chi connectivity index (χ2v) is 8.19. The smallest absolute Gasteiger partial charge is 0.231 e. The van der Waals surface area contributed by atoms with Gasteiger partial charge in [0.05, 0.1) is 22.2 Å². The zero-order valence-corrected chi connectivity index (χ0v) is 18.9. The van der Waals surface area contributed by atoms with Gasteiger partial charge in [-0.15, -0.1) is 0 Å². The van der Waals surface area contributed by atoms with Crippen LogP contribution in [0.2, 0.25) is 0 Å². The molecule has 0 N–H and O–H groups in total. The molecule has 0 bridgehead atoms. The number of aromatic nitrogens is 2. The average molecular weight is 468 g/mol. The molecule has 7 rings (SSSR count). The summed E-state index contributed by atoms with van der Waals surface area (Å²) in [7, 11) is 0. The molecular weight excluding hydrogens is 452 g/mol. The molecule has 2 aliphatic heterocycles. The number of nitrogens with zero attached hydrogens (tertiary/aromatic N) is 2. The molecular formula is C30H16N2O4. The van der Waals surface area contributed by atoms with Crippen LogP contribution in [0.1, 0.15) is 22.3 Å². The fourth-order valence-electron chi connectivity index (χ4n) is 4.34. The maximum Gasteiger partial charge on any atom is 0.231 e. The summed E-state index contributed by atoms with van der Waals surface area (Å²) in [6.07, 6.45) is 3.53. The minimum Gasteiger partial charge on any atom is -0.454 e. The van der Waals surface area contributed by atoms with Gasteiger partial charge in [0.25, 0.3) is 0 Å². The van der Waals surface area contributed by atoms with Gasteiger partial charge in [0.1, 0.15) is 0 Å². The third-order valence-corrected chi connectivity index (χ3v) is 6.04. The van der Waals surface area contributed by atoms with Crippen molar-refractivity contribution in [3.63, 3.8) is 0 Å². The molecule has 0 saturated heterocycles. The molecule has 4 heterocycles. The first-order valence-electron chi connectivity index (χ1n) is 11.3. The lowest BCUT2D eigenvalue weighted by molar-refractivity contribution is 0.173. The molecule has 0 aliphatic carbocycles. The molecule has 6 heteroatoms. The molecule has 36 heavy (non-hydrogen) atoms. The Morgan fingerprint density at radius 1 is 0.528 bits per heavy atom. The summed E-state index contributed by atoms with van der Waals surface area (Å²) >= 11 is 0. The number of ether oxygens (including phenoxy) is 4. The van der Waals surface area contributed by atoms with E-state index in [1.54, 1.807) is 12.4 Å². The van der Waals surface area contributed by atoms with Crippen molar-refractivity contribution in [2.75, 3.05) is 13.6 Å². The van der Waals surface area contributed by atoms with Crippen LogP contribution in [0.3, 0.4) is 0 Å². The van der Waals surface area contributed by atoms with Crippen molar-refractivity contribution in [3.05, 3.63) is 95.3 Å². The van der Waals surface area contributed by atoms with Crippen molar-refractivity contribution in [1.29, 1.82) is 0 Å². The van der Waals surface area contributed by atoms with Crippen LogP contribution in [0.5, 0.6) is 23.0 Å². The summed E-state index contributed by atoms with van der Waals surface area (Å²) in [5.41, 5.74) is 4.80. The number of rotatable bonds is 0. The molecule has 2 aliphatic rings. The molecule has 170 valence electrons. The minimum absolute atomic E-state index is 0.222. The molecule has 0 atom stereocenters. The number of pyridine rings is 2. The van der Waals surface area contributed by atoms with E-state index in [0.29, 0.717) is 11.5 Å². The van der Waals surface area contributed by atoms with E-state index in [-0.39, 0.29) is 13.6 Å². The lowest BCUT2D eigenvalue weighted by atomic mass is 9.96. The first kappa shape index (κ1) is 20.2. The second kappa shape index (κ2) is 8.23. The van der Waals surface area contributed by atoms with Gasteiger partial charge in [-0.2, -0.15) is 0 Å². The molecule has 0 spiro atoms. The number of hydrogen-bond acceptors (Lipinski definition) is 6. The quantitative estimate of drug-likeness (QED) is 0.234. The van der Waals surface area contributed by atoms with Crippen LogP contribution in [-0.2, 0) is 0 Å². The monoisotopic (exact) mass is 468 g/mol. The second-order valence-electron chi connectivity index (χ2n) is 8.19. The van der Waals surface area contributed by atoms with Crippen LogP contribution < -0.4 is 18.9 Å². The molecule has 3 aromatic carbocycles. The zero-order valence-electron chi connectivity index (χ0n) is 18.9. The van der Waals surface area contributed by atoms with Gasteiger partial charge in [-0.05, 0) is 60.7 Å². The lowest BCUT2D eigenvalue weighted by Crippen LogP contribution is -1.94. The largest absolute Gasteiger partial charge is 0.454 e. The highest BCUT2D eigenvalue weighted by Crippen LogP contribution is 2.34. The molecule has 0 radical (unpaired) electrons. The highest BCUT2D eigenvalue weighted by molar-refractivity contribution is 6.09. The standard InChI is InChI=1S/C30H16N2O4/c1-3-23-21(9-5-19-7-11-25-27(15-19)35-17-33-25)22(24-4-2-14-32-30(24)29(23)31-13-1)10-6-20-8-12-26-28(16-20)36-18-34-26/h1-4,7-8,11-16H,17-18H2. The van der Waals surface area contributed by atoms with Gasteiger partial charge in [0.15, 0.2) is 23.0 Å². The number of benzene rings is 3. The molecule has 0 unspecified atom stereocenters. The lowest BCUT2D eigenvalue weighted by Gasteiger charge is -2.09. The summed E-state index contributed by atoms with van der Waals surface area (Å²) in [5.74, 6) is 16.1. The molecule has 0 fully saturated rings. The Kier molecular flexibility index (Phi) is 4.62. The van der Waals surface area contributed by atoms with Gasteiger partial charge < -0.3 is 18.9 Å². The SMILES string of the molecule is C(#Cc1c(C#Cc2ccc3c(c2)OCO3)c2cccnc2c2ncccc12)c1ccc2c(c1)OCO2. The Labute approximate surface area is 206 Å². The topological polar surface area (TPSA) is 62.7 Å². The van der Waals surface area contributed by atoms with Crippen LogP contribution >= 0.6 is 0 Å². The van der Waals surface area contributed by atoms with Gasteiger partial charge in [-0.3, -0.25) is 9.97 Å². The van der Waals surface area contributed by atoms with Gasteiger partial charge in [-0.1, -0.05) is 23.7 Å². The normalized spacial score (nSPS) is 12.7. The van der Waals surface area contributed by atoms with E-state index in [1.807, 2.05) is 60.7 Å². The van der Waals surface area contributed by atoms with Crippen LogP contribution in [0.25, 0.3) is 21.8 Å². The third-order valence-electron chi connectivity index (χ3n) is 6.04. The van der Waals surface area contributed by atoms with E-state index in [4.69, 9.17) is 18.9 Å². The van der Waals surface area contributed by atoms with E-state index in [0.717, 1.165) is 55.6 Å². The predicted octanol–water partition coefficient (Wildman–Crippen LogP) is 5.04. The van der Waals surface area contributed by atoms with E-state index < -0.39 is 0 Å². The van der Waals surface area contributed by atoms with Crippen LogP contribution in [0.15, 0.2) is 73.1 Å². The van der Waals surface area contributed by atoms with Crippen LogP contribution in [0.4, 0.5) is 0 Å². The Hall–Kier alpha value is -5.20. The van der Waals surface area contributed by atoms with E-state index in [9.17, 15) is 0 Å². The minimum atomic E-state index is 0.222. The summed E-state index contributed by atoms with van der Waals surface area (Å²) in [5, 5.41) is 1.79. The Morgan fingerprint density at radius 2 is 1.00 bits per heavy atom. The van der Waals surface area contributed by atoms with Crippen molar-refractivity contribution < 1.29 is 18.9 Å². The number of fused-ring (bicyclic) bond motifs is 5. The summed E-state index contributed by atoms with van der Waals surface area (Å²) in [4.78, 5) is 9.25. The van der Waals surface area contributed by atoms with Crippen molar-refractivity contribution >= 4 is 21.8 Å². The van der Waals surface area contributed by atoms with Gasteiger partial charge in [0, 0.05) is 34.3 Å². The molecule has 5 aromatic rings. The van der Waals surface area contributed by atoms with Crippen LogP contribution in [-0.4, -0.2) is 23.6 Å². The van der Waals surface area contributed by atoms with Crippen molar-refractivity contribution in [2.45, 2.75) is 0 Å². The first-order valence-corrected chi connectivity index (χ1v) is 11.3. The predicted molar refractivity (Wildman–Crippen MR) is 134 cm³/mol. The Balaban J connectivity index is 1.44. The molecule has 2 aromatic heterocycles. The van der Waals surface area contributed by atoms with Crippen molar-refractivity contribution in [2.24, 2.45) is 0 Å². The highest BCUT2D eigenvalue weighted by Gasteiger charge is 2.16. The molecule has 0 amide bonds. The van der Waals surface area contributed by atoms with Crippen molar-refractivity contribution in [1.82, 2.24) is 9.97 Å². The Morgan fingerprint density at radius 3 is 1.50 bits per heavy atom. The van der Waals surface area contributed by atoms with Gasteiger partial charge in [-0.25, -0.2) is 0 Å². The zero-order chi connectivity index (χ0) is 23.9. The van der Waals surface area contributed by atoms with Gasteiger partial charge in [0.2, 0.25) is 13.6 Å². The first-order chi connectivity index (χ1) is 17.8. The van der Waals surface area contributed by atoms with E-state index in [2.05, 4.69) is 33.6 Å². The molecule has 6 nitrogen and oxygen atoms in total. The highest BCUT2D eigenvalue weighted by atomic mass is 16.7. The maximum atomic E-state index is 5.51. The maximum absolute atomic E-state index is 5.51.